The van der Waals surface area contributed by atoms with E-state index in [1.165, 1.54) is 24.0 Å². The van der Waals surface area contributed by atoms with Crippen molar-refractivity contribution in [1.82, 2.24) is 9.80 Å². The molecule has 0 aromatic heterocycles. The monoisotopic (exact) mass is 266 g/mol. The summed E-state index contributed by atoms with van der Waals surface area (Å²) in [5, 5.41) is 9.58. The molecule has 0 saturated carbocycles. The van der Waals surface area contributed by atoms with Crippen molar-refractivity contribution >= 4 is 11.8 Å². The molecule has 0 bridgehead atoms. The van der Waals surface area contributed by atoms with Crippen LogP contribution in [0, 0.1) is 5.82 Å². The van der Waals surface area contributed by atoms with Gasteiger partial charge in [-0.3, -0.25) is 9.59 Å². The molecule has 2 rings (SSSR count). The second kappa shape index (κ2) is 5.26. The zero-order chi connectivity index (χ0) is 14.0. The van der Waals surface area contributed by atoms with Gasteiger partial charge in [0.1, 0.15) is 17.1 Å². The maximum absolute atomic E-state index is 13.6. The minimum atomic E-state index is -0.737. The van der Waals surface area contributed by atoms with Crippen LogP contribution in [0.4, 0.5) is 4.39 Å². The van der Waals surface area contributed by atoms with Crippen LogP contribution in [0.2, 0.25) is 0 Å². The van der Waals surface area contributed by atoms with Crippen LogP contribution in [0.25, 0.3) is 0 Å². The highest BCUT2D eigenvalue weighted by Gasteiger charge is 2.26. The number of carbonyl (C=O) groups is 2. The topological polar surface area (TPSA) is 60.9 Å². The van der Waals surface area contributed by atoms with Crippen LogP contribution in [0.3, 0.4) is 0 Å². The molecule has 1 fully saturated rings. The first-order valence-corrected chi connectivity index (χ1v) is 6.03. The van der Waals surface area contributed by atoms with Gasteiger partial charge in [0.25, 0.3) is 5.91 Å². The number of piperazine rings is 1. The van der Waals surface area contributed by atoms with Crippen molar-refractivity contribution in [2.75, 3.05) is 26.2 Å². The number of amides is 2. The molecule has 1 N–H and O–H groups in total. The summed E-state index contributed by atoms with van der Waals surface area (Å²) in [6.07, 6.45) is 0. The maximum atomic E-state index is 13.6. The molecule has 0 radical (unpaired) electrons. The Morgan fingerprint density at radius 1 is 1.16 bits per heavy atom. The molecule has 0 unspecified atom stereocenters. The first-order valence-electron chi connectivity index (χ1n) is 6.03. The molecule has 2 amide bonds. The van der Waals surface area contributed by atoms with Crippen molar-refractivity contribution in [3.8, 4) is 5.75 Å². The van der Waals surface area contributed by atoms with Crippen LogP contribution in [0.5, 0.6) is 5.75 Å². The third-order valence-electron chi connectivity index (χ3n) is 3.22. The van der Waals surface area contributed by atoms with E-state index in [1.54, 1.807) is 4.90 Å². The summed E-state index contributed by atoms with van der Waals surface area (Å²) in [4.78, 5) is 26.4. The van der Waals surface area contributed by atoms with Crippen LogP contribution >= 0.6 is 0 Å². The van der Waals surface area contributed by atoms with E-state index in [0.29, 0.717) is 26.2 Å². The number of phenolic OH excluding ortho intramolecular Hbond substituents is 1. The Kier molecular flexibility index (Phi) is 3.69. The minimum Gasteiger partial charge on any atom is -0.507 e. The SMILES string of the molecule is CC(=O)N1CCN(C(=O)c2c(O)cccc2F)CC1. The van der Waals surface area contributed by atoms with E-state index in [1.807, 2.05) is 0 Å². The van der Waals surface area contributed by atoms with E-state index in [-0.39, 0.29) is 17.2 Å². The quantitative estimate of drug-likeness (QED) is 0.819. The standard InChI is InChI=1S/C13H15FN2O3/c1-9(17)15-5-7-16(8-6-15)13(19)12-10(14)3-2-4-11(12)18/h2-4,18H,5-8H2,1H3. The molecule has 1 aliphatic heterocycles. The van der Waals surface area contributed by atoms with Gasteiger partial charge in [0, 0.05) is 33.1 Å². The Hall–Kier alpha value is -2.11. The Bertz CT molecular complexity index is 490. The van der Waals surface area contributed by atoms with Gasteiger partial charge in [0.2, 0.25) is 5.91 Å². The lowest BCUT2D eigenvalue weighted by molar-refractivity contribution is -0.130. The fraction of sp³-hybridized carbons (Fsp3) is 0.385. The first-order chi connectivity index (χ1) is 9.00. The summed E-state index contributed by atoms with van der Waals surface area (Å²) in [7, 11) is 0. The molecule has 1 aromatic carbocycles. The van der Waals surface area contributed by atoms with E-state index in [0.717, 1.165) is 6.07 Å². The zero-order valence-electron chi connectivity index (χ0n) is 10.6. The zero-order valence-corrected chi connectivity index (χ0v) is 10.6. The number of halogens is 1. The number of nitrogens with zero attached hydrogens (tertiary/aromatic N) is 2. The highest BCUT2D eigenvalue weighted by molar-refractivity contribution is 5.97. The van der Waals surface area contributed by atoms with Gasteiger partial charge in [-0.25, -0.2) is 4.39 Å². The van der Waals surface area contributed by atoms with Crippen molar-refractivity contribution in [1.29, 1.82) is 0 Å². The van der Waals surface area contributed by atoms with Gasteiger partial charge in [-0.1, -0.05) is 6.07 Å². The summed E-state index contributed by atoms with van der Waals surface area (Å²) < 4.78 is 13.6. The van der Waals surface area contributed by atoms with E-state index < -0.39 is 11.7 Å². The normalized spacial score (nSPS) is 15.5. The van der Waals surface area contributed by atoms with Crippen molar-refractivity contribution in [2.24, 2.45) is 0 Å². The minimum absolute atomic E-state index is 0.0409. The molecule has 1 aliphatic rings. The molecule has 5 nitrogen and oxygen atoms in total. The van der Waals surface area contributed by atoms with Gasteiger partial charge in [0.05, 0.1) is 0 Å². The van der Waals surface area contributed by atoms with E-state index in [2.05, 4.69) is 0 Å². The highest BCUT2D eigenvalue weighted by atomic mass is 19.1. The van der Waals surface area contributed by atoms with Gasteiger partial charge in [-0.2, -0.15) is 0 Å². The largest absolute Gasteiger partial charge is 0.507 e. The van der Waals surface area contributed by atoms with Crippen molar-refractivity contribution in [3.05, 3.63) is 29.6 Å². The smallest absolute Gasteiger partial charge is 0.260 e. The Balaban J connectivity index is 2.12. The van der Waals surface area contributed by atoms with Crippen LogP contribution in [0.1, 0.15) is 17.3 Å². The lowest BCUT2D eigenvalue weighted by Crippen LogP contribution is -2.50. The lowest BCUT2D eigenvalue weighted by atomic mass is 10.1. The number of benzene rings is 1. The molecule has 19 heavy (non-hydrogen) atoms. The Morgan fingerprint density at radius 2 is 1.74 bits per heavy atom. The number of aromatic hydroxyl groups is 1. The molecule has 1 aromatic rings. The molecule has 0 spiro atoms. The van der Waals surface area contributed by atoms with Gasteiger partial charge >= 0.3 is 0 Å². The van der Waals surface area contributed by atoms with Crippen LogP contribution < -0.4 is 0 Å². The molecule has 0 atom stereocenters. The van der Waals surface area contributed by atoms with Gasteiger partial charge in [0.15, 0.2) is 0 Å². The van der Waals surface area contributed by atoms with Gasteiger partial charge < -0.3 is 14.9 Å². The first kappa shape index (κ1) is 13.3. The number of carbonyl (C=O) groups excluding carboxylic acids is 2. The fourth-order valence-electron chi connectivity index (χ4n) is 2.11. The number of hydrogen-bond acceptors (Lipinski definition) is 3. The molecule has 1 saturated heterocycles. The lowest BCUT2D eigenvalue weighted by Gasteiger charge is -2.34. The van der Waals surface area contributed by atoms with Crippen LogP contribution in [-0.4, -0.2) is 52.9 Å². The van der Waals surface area contributed by atoms with E-state index in [9.17, 15) is 19.1 Å². The Labute approximate surface area is 110 Å². The van der Waals surface area contributed by atoms with Crippen LogP contribution in [-0.2, 0) is 4.79 Å². The maximum Gasteiger partial charge on any atom is 0.260 e. The van der Waals surface area contributed by atoms with Gasteiger partial charge in [-0.15, -0.1) is 0 Å². The second-order valence-electron chi connectivity index (χ2n) is 4.43. The molecular weight excluding hydrogens is 251 g/mol. The second-order valence-corrected chi connectivity index (χ2v) is 4.43. The third kappa shape index (κ3) is 2.67. The number of rotatable bonds is 1. The molecule has 6 heteroatoms. The molecule has 102 valence electrons. The molecule has 0 aliphatic carbocycles. The predicted octanol–water partition coefficient (Wildman–Crippen LogP) is 0.836. The van der Waals surface area contributed by atoms with Gasteiger partial charge in [-0.05, 0) is 12.1 Å². The average Bonchev–Trinajstić information content (AvgIpc) is 2.38. The summed E-state index contributed by atoms with van der Waals surface area (Å²) in [5.41, 5.74) is -0.307. The van der Waals surface area contributed by atoms with Crippen molar-refractivity contribution in [3.63, 3.8) is 0 Å². The molecule has 1 heterocycles. The third-order valence-corrected chi connectivity index (χ3v) is 3.22. The van der Waals surface area contributed by atoms with E-state index >= 15 is 0 Å². The summed E-state index contributed by atoms with van der Waals surface area (Å²) in [6, 6.07) is 3.76. The average molecular weight is 266 g/mol. The summed E-state index contributed by atoms with van der Waals surface area (Å²) >= 11 is 0. The van der Waals surface area contributed by atoms with E-state index in [4.69, 9.17) is 0 Å². The Morgan fingerprint density at radius 3 is 2.26 bits per heavy atom. The highest BCUT2D eigenvalue weighted by Crippen LogP contribution is 2.22. The van der Waals surface area contributed by atoms with Crippen molar-refractivity contribution < 1.29 is 19.1 Å². The summed E-state index contributed by atoms with van der Waals surface area (Å²) in [6.45, 7) is 3.01. The fourth-order valence-corrected chi connectivity index (χ4v) is 2.11. The summed E-state index contributed by atoms with van der Waals surface area (Å²) in [5.74, 6) is -1.68. The number of phenols is 1. The van der Waals surface area contributed by atoms with Crippen molar-refractivity contribution in [2.45, 2.75) is 6.92 Å². The van der Waals surface area contributed by atoms with Crippen LogP contribution in [0.15, 0.2) is 18.2 Å². The predicted molar refractivity (Wildman–Crippen MR) is 66.2 cm³/mol. The number of hydrogen-bond donors (Lipinski definition) is 1. The molecular formula is C13H15FN2O3.